The molecule has 2 aromatic carbocycles. The maximum atomic E-state index is 13.1. The fourth-order valence-corrected chi connectivity index (χ4v) is 3.14. The highest BCUT2D eigenvalue weighted by molar-refractivity contribution is 5.79. The van der Waals surface area contributed by atoms with E-state index in [2.05, 4.69) is 10.9 Å². The van der Waals surface area contributed by atoms with Crippen molar-refractivity contribution in [3.05, 3.63) is 65.5 Å². The van der Waals surface area contributed by atoms with Crippen LogP contribution in [0, 0.1) is 11.7 Å². The molecule has 2 atom stereocenters. The van der Waals surface area contributed by atoms with Crippen LogP contribution in [0.4, 0.5) is 4.39 Å². The molecule has 3 N–H and O–H groups in total. The lowest BCUT2D eigenvalue weighted by atomic mass is 9.94. The van der Waals surface area contributed by atoms with Crippen molar-refractivity contribution >= 4 is 5.91 Å². The zero-order chi connectivity index (χ0) is 17.8. The van der Waals surface area contributed by atoms with Crippen LogP contribution in [0.1, 0.15) is 17.2 Å². The summed E-state index contributed by atoms with van der Waals surface area (Å²) >= 11 is 0. The van der Waals surface area contributed by atoms with E-state index in [1.54, 1.807) is 48.3 Å². The highest BCUT2D eigenvalue weighted by Crippen LogP contribution is 2.26. The van der Waals surface area contributed by atoms with Gasteiger partial charge in [0.1, 0.15) is 11.6 Å². The van der Waals surface area contributed by atoms with Crippen molar-refractivity contribution in [2.45, 2.75) is 12.5 Å². The molecule has 1 aliphatic rings. The molecule has 6 heteroatoms. The number of carbonyl (C=O) groups excluding carboxylic acids is 1. The molecule has 132 valence electrons. The molecule has 1 heterocycles. The van der Waals surface area contributed by atoms with E-state index < -0.39 is 0 Å². The molecule has 0 spiro atoms. The molecule has 2 unspecified atom stereocenters. The summed E-state index contributed by atoms with van der Waals surface area (Å²) in [5.41, 5.74) is 7.92. The molecule has 1 amide bonds. The maximum Gasteiger partial charge on any atom is 0.226 e. The number of para-hydroxylation sites is 1. The SMILES string of the molecule is CN(CC1CNNC1c1ccc(F)cc1)C(=O)Cc1ccccc1O. The molecular weight excluding hydrogens is 321 g/mol. The number of phenolic OH excluding ortho intramolecular Hbond substituents is 1. The number of nitrogens with one attached hydrogen (secondary N) is 2. The molecule has 2 aromatic rings. The van der Waals surface area contributed by atoms with Crippen molar-refractivity contribution in [1.29, 1.82) is 0 Å². The van der Waals surface area contributed by atoms with E-state index in [0.29, 0.717) is 12.1 Å². The largest absolute Gasteiger partial charge is 0.508 e. The second-order valence-corrected chi connectivity index (χ2v) is 6.39. The summed E-state index contributed by atoms with van der Waals surface area (Å²) in [6, 6.07) is 13.3. The maximum absolute atomic E-state index is 13.1. The topological polar surface area (TPSA) is 64.6 Å². The third-order valence-corrected chi connectivity index (χ3v) is 4.59. The van der Waals surface area contributed by atoms with Crippen molar-refractivity contribution in [3.63, 3.8) is 0 Å². The van der Waals surface area contributed by atoms with E-state index in [9.17, 15) is 14.3 Å². The Labute approximate surface area is 146 Å². The van der Waals surface area contributed by atoms with Gasteiger partial charge < -0.3 is 10.0 Å². The predicted octanol–water partition coefficient (Wildman–Crippen LogP) is 2.00. The lowest BCUT2D eigenvalue weighted by Gasteiger charge is -2.25. The van der Waals surface area contributed by atoms with Gasteiger partial charge in [0.05, 0.1) is 12.5 Å². The highest BCUT2D eigenvalue weighted by Gasteiger charge is 2.30. The van der Waals surface area contributed by atoms with E-state index in [0.717, 1.165) is 12.1 Å². The third-order valence-electron chi connectivity index (χ3n) is 4.59. The van der Waals surface area contributed by atoms with Gasteiger partial charge >= 0.3 is 0 Å². The van der Waals surface area contributed by atoms with Crippen LogP contribution in [-0.4, -0.2) is 36.1 Å². The van der Waals surface area contributed by atoms with Crippen LogP contribution in [0.5, 0.6) is 5.75 Å². The molecule has 0 saturated carbocycles. The number of benzene rings is 2. The van der Waals surface area contributed by atoms with Crippen LogP contribution in [0.15, 0.2) is 48.5 Å². The van der Waals surface area contributed by atoms with Crippen LogP contribution in [-0.2, 0) is 11.2 Å². The first-order chi connectivity index (χ1) is 12.0. The van der Waals surface area contributed by atoms with Crippen molar-refractivity contribution in [1.82, 2.24) is 15.8 Å². The van der Waals surface area contributed by atoms with Crippen LogP contribution >= 0.6 is 0 Å². The number of hydrogen-bond donors (Lipinski definition) is 3. The molecule has 0 radical (unpaired) electrons. The molecule has 0 aromatic heterocycles. The summed E-state index contributed by atoms with van der Waals surface area (Å²) in [5, 5.41) is 9.82. The zero-order valence-corrected chi connectivity index (χ0v) is 14.1. The summed E-state index contributed by atoms with van der Waals surface area (Å²) in [5.74, 6) is -0.00565. The Hall–Kier alpha value is -2.44. The molecular formula is C19H22FN3O2. The number of amides is 1. The molecule has 1 saturated heterocycles. The number of hydrogen-bond acceptors (Lipinski definition) is 4. The Kier molecular flexibility index (Phi) is 5.31. The van der Waals surface area contributed by atoms with Crippen LogP contribution in [0.2, 0.25) is 0 Å². The van der Waals surface area contributed by atoms with Crippen molar-refractivity contribution in [2.75, 3.05) is 20.1 Å². The van der Waals surface area contributed by atoms with Gasteiger partial charge in [0.15, 0.2) is 0 Å². The van der Waals surface area contributed by atoms with Gasteiger partial charge in [0.2, 0.25) is 5.91 Å². The van der Waals surface area contributed by atoms with E-state index >= 15 is 0 Å². The summed E-state index contributed by atoms with van der Waals surface area (Å²) in [4.78, 5) is 14.1. The number of nitrogens with zero attached hydrogens (tertiary/aromatic N) is 1. The molecule has 1 fully saturated rings. The first-order valence-electron chi connectivity index (χ1n) is 8.29. The summed E-state index contributed by atoms with van der Waals surface area (Å²) < 4.78 is 13.1. The fourth-order valence-electron chi connectivity index (χ4n) is 3.14. The normalized spacial score (nSPS) is 19.8. The van der Waals surface area contributed by atoms with Gasteiger partial charge in [-0.3, -0.25) is 10.2 Å². The van der Waals surface area contributed by atoms with Gasteiger partial charge in [-0.2, -0.15) is 0 Å². The van der Waals surface area contributed by atoms with Gasteiger partial charge in [-0.1, -0.05) is 30.3 Å². The Morgan fingerprint density at radius 1 is 1.24 bits per heavy atom. The van der Waals surface area contributed by atoms with E-state index in [1.165, 1.54) is 12.1 Å². The standard InChI is InChI=1S/C19H22FN3O2/c1-23(18(25)10-14-4-2-3-5-17(14)24)12-15-11-21-22-19(15)13-6-8-16(20)9-7-13/h2-9,15,19,21-22,24H,10-12H2,1H3. The summed E-state index contributed by atoms with van der Waals surface area (Å²) in [6.45, 7) is 1.28. The first-order valence-corrected chi connectivity index (χ1v) is 8.29. The monoisotopic (exact) mass is 343 g/mol. The zero-order valence-electron chi connectivity index (χ0n) is 14.1. The minimum absolute atomic E-state index is 0.0148. The van der Waals surface area contributed by atoms with E-state index in [1.807, 2.05) is 0 Å². The van der Waals surface area contributed by atoms with Gasteiger partial charge in [-0.25, -0.2) is 9.82 Å². The number of phenols is 1. The lowest BCUT2D eigenvalue weighted by Crippen LogP contribution is -2.35. The Morgan fingerprint density at radius 2 is 1.96 bits per heavy atom. The van der Waals surface area contributed by atoms with Crippen molar-refractivity contribution in [3.8, 4) is 5.75 Å². The number of aromatic hydroxyl groups is 1. The number of halogens is 1. The average molecular weight is 343 g/mol. The number of hydrazine groups is 1. The molecule has 25 heavy (non-hydrogen) atoms. The predicted molar refractivity (Wildman–Crippen MR) is 93.2 cm³/mol. The van der Waals surface area contributed by atoms with Crippen molar-refractivity contribution < 1.29 is 14.3 Å². The first kappa shape index (κ1) is 17.4. The quantitative estimate of drug-likeness (QED) is 0.777. The minimum atomic E-state index is -0.263. The summed E-state index contributed by atoms with van der Waals surface area (Å²) in [6.07, 6.45) is 0.165. The fraction of sp³-hybridized carbons (Fsp3) is 0.316. The molecule has 3 rings (SSSR count). The van der Waals surface area contributed by atoms with Crippen LogP contribution < -0.4 is 10.9 Å². The Morgan fingerprint density at radius 3 is 2.68 bits per heavy atom. The van der Waals surface area contributed by atoms with Crippen LogP contribution in [0.25, 0.3) is 0 Å². The third kappa shape index (κ3) is 4.15. The number of likely N-dealkylation sites (N-methyl/N-ethyl adjacent to an activating group) is 1. The van der Waals surface area contributed by atoms with Gasteiger partial charge in [0, 0.05) is 31.6 Å². The smallest absolute Gasteiger partial charge is 0.226 e. The molecule has 5 nitrogen and oxygen atoms in total. The van der Waals surface area contributed by atoms with Gasteiger partial charge in [-0.05, 0) is 23.8 Å². The highest BCUT2D eigenvalue weighted by atomic mass is 19.1. The minimum Gasteiger partial charge on any atom is -0.508 e. The number of carbonyl (C=O) groups is 1. The Balaban J connectivity index is 1.63. The molecule has 0 bridgehead atoms. The molecule has 0 aliphatic carbocycles. The number of rotatable bonds is 5. The van der Waals surface area contributed by atoms with E-state index in [4.69, 9.17) is 0 Å². The van der Waals surface area contributed by atoms with E-state index in [-0.39, 0.29) is 35.9 Å². The molecule has 1 aliphatic heterocycles. The second-order valence-electron chi connectivity index (χ2n) is 6.39. The van der Waals surface area contributed by atoms with Gasteiger partial charge in [-0.15, -0.1) is 0 Å². The van der Waals surface area contributed by atoms with Crippen LogP contribution in [0.3, 0.4) is 0 Å². The second kappa shape index (κ2) is 7.63. The van der Waals surface area contributed by atoms with Crippen molar-refractivity contribution in [2.24, 2.45) is 5.92 Å². The average Bonchev–Trinajstić information content (AvgIpc) is 3.05. The Bertz CT molecular complexity index is 736. The lowest BCUT2D eigenvalue weighted by molar-refractivity contribution is -0.129. The van der Waals surface area contributed by atoms with Gasteiger partial charge in [0.25, 0.3) is 0 Å². The summed E-state index contributed by atoms with van der Waals surface area (Å²) in [7, 11) is 1.77.